The number of aromatic carboxylic acids is 1. The molecule has 1 aliphatic heterocycles. The first kappa shape index (κ1) is 18.8. The number of carbonyl (C=O) groups excluding carboxylic acids is 1. The van der Waals surface area contributed by atoms with E-state index in [0.717, 1.165) is 16.9 Å². The molecule has 0 saturated carbocycles. The lowest BCUT2D eigenvalue weighted by Crippen LogP contribution is -2.31. The number of anilines is 1. The van der Waals surface area contributed by atoms with Gasteiger partial charge < -0.3 is 15.2 Å². The Morgan fingerprint density at radius 2 is 1.82 bits per heavy atom. The number of thiophene rings is 1. The second-order valence-electron chi connectivity index (χ2n) is 6.22. The summed E-state index contributed by atoms with van der Waals surface area (Å²) in [7, 11) is 0. The van der Waals surface area contributed by atoms with Crippen LogP contribution in [-0.2, 0) is 11.2 Å². The first-order chi connectivity index (χ1) is 13.4. The van der Waals surface area contributed by atoms with Gasteiger partial charge >= 0.3 is 5.97 Å². The van der Waals surface area contributed by atoms with E-state index >= 15 is 0 Å². The lowest BCUT2D eigenvalue weighted by molar-refractivity contribution is -0.122. The Hall–Kier alpha value is -2.54. The molecule has 3 aromatic rings. The average Bonchev–Trinajstić information content (AvgIpc) is 3.26. The summed E-state index contributed by atoms with van der Waals surface area (Å²) in [6.07, 6.45) is -0.365. The molecule has 4 rings (SSSR count). The van der Waals surface area contributed by atoms with Crippen LogP contribution in [0, 0.1) is 0 Å². The van der Waals surface area contributed by atoms with Gasteiger partial charge in [-0.1, -0.05) is 35.3 Å². The van der Waals surface area contributed by atoms with Crippen molar-refractivity contribution in [3.05, 3.63) is 69.0 Å². The van der Waals surface area contributed by atoms with Crippen LogP contribution in [0.25, 0.3) is 11.1 Å². The number of halogens is 2. The number of fused-ring (bicyclic) bond motifs is 1. The van der Waals surface area contributed by atoms with Crippen molar-refractivity contribution in [3.63, 3.8) is 0 Å². The van der Waals surface area contributed by atoms with Crippen molar-refractivity contribution in [1.82, 2.24) is 0 Å². The van der Waals surface area contributed by atoms with Crippen molar-refractivity contribution in [3.8, 4) is 16.9 Å². The van der Waals surface area contributed by atoms with Crippen LogP contribution in [0.4, 0.5) is 5.00 Å². The quantitative estimate of drug-likeness (QED) is 0.580. The Kier molecular flexibility index (Phi) is 5.02. The highest BCUT2D eigenvalue weighted by Gasteiger charge is 2.31. The van der Waals surface area contributed by atoms with Crippen molar-refractivity contribution in [1.29, 1.82) is 0 Å². The summed E-state index contributed by atoms with van der Waals surface area (Å²) in [6, 6.07) is 12.0. The van der Waals surface area contributed by atoms with Gasteiger partial charge in [-0.2, -0.15) is 0 Å². The number of carbonyl (C=O) groups is 2. The summed E-state index contributed by atoms with van der Waals surface area (Å²) in [4.78, 5) is 24.5. The molecule has 0 aliphatic carbocycles. The van der Waals surface area contributed by atoms with E-state index < -0.39 is 18.0 Å². The second-order valence-corrected chi connectivity index (χ2v) is 7.97. The molecule has 0 radical (unpaired) electrons. The number of carboxylic acids is 1. The first-order valence-corrected chi connectivity index (χ1v) is 9.92. The molecule has 8 heteroatoms. The number of carboxylic acid groups (broad SMARTS) is 1. The van der Waals surface area contributed by atoms with Gasteiger partial charge in [0.2, 0.25) is 0 Å². The van der Waals surface area contributed by atoms with E-state index in [-0.39, 0.29) is 10.6 Å². The highest BCUT2D eigenvalue weighted by atomic mass is 35.5. The molecule has 1 amide bonds. The minimum Gasteiger partial charge on any atom is -0.480 e. The van der Waals surface area contributed by atoms with E-state index in [1.807, 2.05) is 0 Å². The zero-order valence-corrected chi connectivity index (χ0v) is 16.6. The van der Waals surface area contributed by atoms with E-state index in [9.17, 15) is 14.7 Å². The second kappa shape index (κ2) is 7.47. The lowest BCUT2D eigenvalue weighted by Gasteiger charge is -2.11. The number of nitrogens with one attached hydrogen (secondary N) is 1. The highest BCUT2D eigenvalue weighted by Crippen LogP contribution is 2.37. The molecular weight excluding hydrogens is 421 g/mol. The molecule has 142 valence electrons. The summed E-state index contributed by atoms with van der Waals surface area (Å²) < 4.78 is 5.67. The Morgan fingerprint density at radius 1 is 1.11 bits per heavy atom. The van der Waals surface area contributed by atoms with Crippen molar-refractivity contribution in [2.24, 2.45) is 0 Å². The first-order valence-electron chi connectivity index (χ1n) is 8.29. The average molecular weight is 434 g/mol. The Labute approximate surface area is 174 Å². The molecule has 2 N–H and O–H groups in total. The van der Waals surface area contributed by atoms with Crippen LogP contribution >= 0.6 is 34.5 Å². The van der Waals surface area contributed by atoms with Crippen LogP contribution in [0.5, 0.6) is 5.75 Å². The van der Waals surface area contributed by atoms with Crippen LogP contribution < -0.4 is 10.1 Å². The SMILES string of the molecule is O=C(O)c1c(-c2ccc(Cl)cc2)csc1NC(=O)C1Cc2cc(Cl)ccc2O1. The maximum Gasteiger partial charge on any atom is 0.339 e. The molecule has 28 heavy (non-hydrogen) atoms. The van der Waals surface area contributed by atoms with Crippen LogP contribution in [-0.4, -0.2) is 23.1 Å². The lowest BCUT2D eigenvalue weighted by atomic mass is 10.0. The third kappa shape index (κ3) is 3.58. The zero-order valence-electron chi connectivity index (χ0n) is 14.2. The summed E-state index contributed by atoms with van der Waals surface area (Å²) in [5.41, 5.74) is 2.11. The minimum absolute atomic E-state index is 0.0410. The normalized spacial score (nSPS) is 15.0. The molecular formula is C20H13Cl2NO4S. The maximum atomic E-state index is 12.7. The van der Waals surface area contributed by atoms with E-state index in [1.54, 1.807) is 47.8 Å². The third-order valence-corrected chi connectivity index (χ3v) is 5.77. The van der Waals surface area contributed by atoms with E-state index in [0.29, 0.717) is 33.3 Å². The third-order valence-electron chi connectivity index (χ3n) is 4.39. The van der Waals surface area contributed by atoms with Crippen LogP contribution in [0.2, 0.25) is 10.0 Å². The van der Waals surface area contributed by atoms with Gasteiger partial charge in [0.1, 0.15) is 16.3 Å². The van der Waals surface area contributed by atoms with Crippen LogP contribution in [0.1, 0.15) is 15.9 Å². The largest absolute Gasteiger partial charge is 0.480 e. The number of rotatable bonds is 4. The molecule has 2 heterocycles. The molecule has 1 aliphatic rings. The van der Waals surface area contributed by atoms with E-state index in [2.05, 4.69) is 5.32 Å². The van der Waals surface area contributed by atoms with E-state index in [4.69, 9.17) is 27.9 Å². The molecule has 0 fully saturated rings. The smallest absolute Gasteiger partial charge is 0.339 e. The van der Waals surface area contributed by atoms with Crippen molar-refractivity contribution >= 4 is 51.4 Å². The molecule has 1 aromatic heterocycles. The molecule has 0 spiro atoms. The number of hydrogen-bond acceptors (Lipinski definition) is 4. The molecule has 5 nitrogen and oxygen atoms in total. The Bertz CT molecular complexity index is 1080. The molecule has 2 aromatic carbocycles. The summed E-state index contributed by atoms with van der Waals surface area (Å²) in [5.74, 6) is -0.917. The van der Waals surface area contributed by atoms with Gasteiger partial charge in [-0.05, 0) is 41.5 Å². The van der Waals surface area contributed by atoms with Crippen molar-refractivity contribution < 1.29 is 19.4 Å². The van der Waals surface area contributed by atoms with Gasteiger partial charge in [0.05, 0.1) is 0 Å². The van der Waals surface area contributed by atoms with Gasteiger partial charge in [0.15, 0.2) is 6.10 Å². The Morgan fingerprint density at radius 3 is 2.54 bits per heavy atom. The van der Waals surface area contributed by atoms with Crippen molar-refractivity contribution in [2.45, 2.75) is 12.5 Å². The number of benzene rings is 2. The fourth-order valence-electron chi connectivity index (χ4n) is 3.06. The van der Waals surface area contributed by atoms with Gasteiger partial charge in [-0.15, -0.1) is 11.3 Å². The predicted octanol–water partition coefficient (Wildman–Crippen LogP) is 5.36. The summed E-state index contributed by atoms with van der Waals surface area (Å²) >= 11 is 13.0. The fraction of sp³-hybridized carbons (Fsp3) is 0.100. The van der Waals surface area contributed by atoms with Gasteiger partial charge in [0, 0.05) is 27.4 Å². The fourth-order valence-corrected chi connectivity index (χ4v) is 4.34. The van der Waals surface area contributed by atoms with Gasteiger partial charge in [-0.3, -0.25) is 4.79 Å². The highest BCUT2D eigenvalue weighted by molar-refractivity contribution is 7.15. The van der Waals surface area contributed by atoms with Gasteiger partial charge in [0.25, 0.3) is 5.91 Å². The summed E-state index contributed by atoms with van der Waals surface area (Å²) in [5, 5.41) is 15.5. The number of ether oxygens (including phenoxy) is 1. The standard InChI is InChI=1S/C20H13Cl2NO4S/c21-12-3-1-10(2-4-12)14-9-28-19(17(14)20(25)26)23-18(24)16-8-11-7-13(22)5-6-15(11)27-16/h1-7,9,16H,8H2,(H,23,24)(H,25,26). The Balaban J connectivity index is 1.58. The molecule has 1 unspecified atom stereocenters. The topological polar surface area (TPSA) is 75.6 Å². The minimum atomic E-state index is -1.12. The van der Waals surface area contributed by atoms with Gasteiger partial charge in [-0.25, -0.2) is 4.79 Å². The molecule has 1 atom stereocenters. The summed E-state index contributed by atoms with van der Waals surface area (Å²) in [6.45, 7) is 0. The zero-order chi connectivity index (χ0) is 19.8. The monoisotopic (exact) mass is 433 g/mol. The number of hydrogen-bond donors (Lipinski definition) is 2. The van der Waals surface area contributed by atoms with Crippen LogP contribution in [0.3, 0.4) is 0 Å². The number of amides is 1. The molecule has 0 bridgehead atoms. The van der Waals surface area contributed by atoms with Crippen molar-refractivity contribution in [2.75, 3.05) is 5.32 Å². The van der Waals surface area contributed by atoms with E-state index in [1.165, 1.54) is 0 Å². The maximum absolute atomic E-state index is 12.7. The molecule has 0 saturated heterocycles. The van der Waals surface area contributed by atoms with Crippen LogP contribution in [0.15, 0.2) is 47.8 Å². The predicted molar refractivity (Wildman–Crippen MR) is 110 cm³/mol.